The van der Waals surface area contributed by atoms with Gasteiger partial charge >= 0.3 is 11.9 Å². The van der Waals surface area contributed by atoms with Crippen LogP contribution >= 0.6 is 0 Å². The zero-order valence-corrected chi connectivity index (χ0v) is 13.2. The Morgan fingerprint density at radius 3 is 2.54 bits per heavy atom. The molecule has 0 aliphatic carbocycles. The number of aromatic nitrogens is 1. The average Bonchev–Trinajstić information content (AvgIpc) is 3.03. The number of hydrogen-bond donors (Lipinski definition) is 1. The van der Waals surface area contributed by atoms with Crippen molar-refractivity contribution in [3.05, 3.63) is 65.9 Å². The van der Waals surface area contributed by atoms with Gasteiger partial charge in [-0.1, -0.05) is 18.2 Å². The standard InChI is InChI=1S/C19H17NO4/c1-23-19(22)13-6-9-15(10-7-13)24-18(21)11-8-14-12-20-17-5-3-2-4-16(14)17/h2-7,9-10,12,20H,8,11H2,1H3. The van der Waals surface area contributed by atoms with Crippen LogP contribution in [0.2, 0.25) is 0 Å². The zero-order valence-electron chi connectivity index (χ0n) is 13.2. The van der Waals surface area contributed by atoms with E-state index in [4.69, 9.17) is 4.74 Å². The van der Waals surface area contributed by atoms with Gasteiger partial charge in [-0.3, -0.25) is 4.79 Å². The molecule has 0 fully saturated rings. The van der Waals surface area contributed by atoms with Crippen LogP contribution in [-0.2, 0) is 16.0 Å². The van der Waals surface area contributed by atoms with Crippen molar-refractivity contribution in [1.82, 2.24) is 4.98 Å². The van der Waals surface area contributed by atoms with Crippen molar-refractivity contribution in [2.45, 2.75) is 12.8 Å². The number of hydrogen-bond acceptors (Lipinski definition) is 4. The molecule has 0 spiro atoms. The molecule has 0 aliphatic rings. The summed E-state index contributed by atoms with van der Waals surface area (Å²) < 4.78 is 9.91. The third-order valence-corrected chi connectivity index (χ3v) is 3.78. The SMILES string of the molecule is COC(=O)c1ccc(OC(=O)CCc2c[nH]c3ccccc23)cc1. The second-order valence-electron chi connectivity index (χ2n) is 5.35. The van der Waals surface area contributed by atoms with Gasteiger partial charge in [0.1, 0.15) is 5.75 Å². The molecule has 0 radical (unpaired) electrons. The molecule has 0 saturated heterocycles. The molecule has 0 unspecified atom stereocenters. The molecule has 1 aromatic heterocycles. The number of fused-ring (bicyclic) bond motifs is 1. The van der Waals surface area contributed by atoms with Gasteiger partial charge in [0.2, 0.25) is 0 Å². The number of aromatic amines is 1. The van der Waals surface area contributed by atoms with Crippen LogP contribution < -0.4 is 4.74 Å². The lowest BCUT2D eigenvalue weighted by Crippen LogP contribution is -2.09. The van der Waals surface area contributed by atoms with E-state index in [1.54, 1.807) is 24.3 Å². The molecule has 3 rings (SSSR count). The van der Waals surface area contributed by atoms with E-state index in [0.717, 1.165) is 16.5 Å². The highest BCUT2D eigenvalue weighted by Crippen LogP contribution is 2.20. The number of ether oxygens (including phenoxy) is 2. The lowest BCUT2D eigenvalue weighted by Gasteiger charge is -2.05. The Kier molecular flexibility index (Phi) is 4.61. The van der Waals surface area contributed by atoms with E-state index in [9.17, 15) is 9.59 Å². The van der Waals surface area contributed by atoms with E-state index in [1.807, 2.05) is 30.5 Å². The summed E-state index contributed by atoms with van der Waals surface area (Å²) in [5.74, 6) is -0.329. The molecular formula is C19H17NO4. The Morgan fingerprint density at radius 2 is 1.79 bits per heavy atom. The quantitative estimate of drug-likeness (QED) is 0.576. The Balaban J connectivity index is 1.58. The van der Waals surface area contributed by atoms with Crippen molar-refractivity contribution in [1.29, 1.82) is 0 Å². The van der Waals surface area contributed by atoms with Crippen LogP contribution in [0.25, 0.3) is 10.9 Å². The highest BCUT2D eigenvalue weighted by molar-refractivity contribution is 5.89. The maximum Gasteiger partial charge on any atom is 0.337 e. The largest absolute Gasteiger partial charge is 0.465 e. The minimum absolute atomic E-state index is 0.278. The fraction of sp³-hybridized carbons (Fsp3) is 0.158. The van der Waals surface area contributed by atoms with E-state index in [0.29, 0.717) is 17.7 Å². The van der Waals surface area contributed by atoms with Gasteiger partial charge in [0.15, 0.2) is 0 Å². The van der Waals surface area contributed by atoms with E-state index in [1.165, 1.54) is 7.11 Å². The normalized spacial score (nSPS) is 10.5. The van der Waals surface area contributed by atoms with Crippen molar-refractivity contribution in [3.63, 3.8) is 0 Å². The van der Waals surface area contributed by atoms with Crippen molar-refractivity contribution in [2.75, 3.05) is 7.11 Å². The number of carbonyl (C=O) groups is 2. The van der Waals surface area contributed by atoms with E-state index >= 15 is 0 Å². The van der Waals surface area contributed by atoms with Crippen molar-refractivity contribution in [3.8, 4) is 5.75 Å². The Hall–Kier alpha value is -3.08. The van der Waals surface area contributed by atoms with E-state index in [-0.39, 0.29) is 12.4 Å². The first-order valence-electron chi connectivity index (χ1n) is 7.61. The van der Waals surface area contributed by atoms with Crippen molar-refractivity contribution < 1.29 is 19.1 Å². The fourth-order valence-corrected chi connectivity index (χ4v) is 2.53. The Bertz CT molecular complexity index is 864. The van der Waals surface area contributed by atoms with Gasteiger partial charge in [0.25, 0.3) is 0 Å². The third-order valence-electron chi connectivity index (χ3n) is 3.78. The number of esters is 2. The van der Waals surface area contributed by atoms with Gasteiger partial charge < -0.3 is 14.5 Å². The first-order chi connectivity index (χ1) is 11.7. The predicted molar refractivity (Wildman–Crippen MR) is 90.0 cm³/mol. The van der Waals surface area contributed by atoms with Crippen LogP contribution in [0.3, 0.4) is 0 Å². The maximum absolute atomic E-state index is 12.0. The Morgan fingerprint density at radius 1 is 1.04 bits per heavy atom. The molecular weight excluding hydrogens is 306 g/mol. The number of rotatable bonds is 5. The summed E-state index contributed by atoms with van der Waals surface area (Å²) in [6.07, 6.45) is 2.80. The van der Waals surface area contributed by atoms with Gasteiger partial charge in [0.05, 0.1) is 19.1 Å². The lowest BCUT2D eigenvalue weighted by molar-refractivity contribution is -0.134. The summed E-state index contributed by atoms with van der Waals surface area (Å²) in [6, 6.07) is 14.3. The monoisotopic (exact) mass is 323 g/mol. The summed E-state index contributed by atoms with van der Waals surface area (Å²) in [7, 11) is 1.32. The molecule has 3 aromatic rings. The van der Waals surface area contributed by atoms with Gasteiger partial charge in [-0.05, 0) is 42.3 Å². The summed E-state index contributed by atoms with van der Waals surface area (Å²) in [4.78, 5) is 26.5. The second-order valence-corrected chi connectivity index (χ2v) is 5.35. The lowest BCUT2D eigenvalue weighted by atomic mass is 10.1. The first kappa shape index (κ1) is 15.8. The number of H-pyrrole nitrogens is 1. The molecule has 24 heavy (non-hydrogen) atoms. The molecule has 0 aliphatic heterocycles. The number of benzene rings is 2. The topological polar surface area (TPSA) is 68.4 Å². The average molecular weight is 323 g/mol. The van der Waals surface area contributed by atoms with Crippen molar-refractivity contribution in [2.24, 2.45) is 0 Å². The fourth-order valence-electron chi connectivity index (χ4n) is 2.53. The second kappa shape index (κ2) is 7.00. The zero-order chi connectivity index (χ0) is 16.9. The summed E-state index contributed by atoms with van der Waals surface area (Å²) in [5, 5.41) is 1.12. The third kappa shape index (κ3) is 3.46. The van der Waals surface area contributed by atoms with Crippen LogP contribution in [-0.4, -0.2) is 24.0 Å². The molecule has 1 heterocycles. The Labute approximate surface area is 139 Å². The van der Waals surface area contributed by atoms with Gasteiger partial charge in [-0.2, -0.15) is 0 Å². The molecule has 2 aromatic carbocycles. The van der Waals surface area contributed by atoms with Crippen LogP contribution in [0.1, 0.15) is 22.3 Å². The number of methoxy groups -OCH3 is 1. The number of para-hydroxylation sites is 1. The maximum atomic E-state index is 12.0. The minimum atomic E-state index is -0.424. The van der Waals surface area contributed by atoms with Crippen LogP contribution in [0.5, 0.6) is 5.75 Å². The highest BCUT2D eigenvalue weighted by atomic mass is 16.5. The number of nitrogens with one attached hydrogen (secondary N) is 1. The molecule has 1 N–H and O–H groups in total. The van der Waals surface area contributed by atoms with Crippen molar-refractivity contribution >= 4 is 22.8 Å². The molecule has 5 nitrogen and oxygen atoms in total. The predicted octanol–water partition coefficient (Wildman–Crippen LogP) is 3.49. The number of carbonyl (C=O) groups excluding carboxylic acids is 2. The van der Waals surface area contributed by atoms with Crippen LogP contribution in [0.4, 0.5) is 0 Å². The van der Waals surface area contributed by atoms with Gasteiger partial charge in [-0.15, -0.1) is 0 Å². The molecule has 122 valence electrons. The van der Waals surface area contributed by atoms with Crippen LogP contribution in [0, 0.1) is 0 Å². The minimum Gasteiger partial charge on any atom is -0.465 e. The highest BCUT2D eigenvalue weighted by Gasteiger charge is 2.10. The molecule has 0 bridgehead atoms. The summed E-state index contributed by atoms with van der Waals surface area (Å²) in [6.45, 7) is 0. The molecule has 0 saturated carbocycles. The van der Waals surface area contributed by atoms with E-state index in [2.05, 4.69) is 9.72 Å². The van der Waals surface area contributed by atoms with Gasteiger partial charge in [0, 0.05) is 17.1 Å². The molecule has 5 heteroatoms. The molecule has 0 amide bonds. The number of aryl methyl sites for hydroxylation is 1. The van der Waals surface area contributed by atoms with Gasteiger partial charge in [-0.25, -0.2) is 4.79 Å². The summed E-state index contributed by atoms with van der Waals surface area (Å²) in [5.41, 5.74) is 2.55. The smallest absolute Gasteiger partial charge is 0.337 e. The first-order valence-corrected chi connectivity index (χ1v) is 7.61. The van der Waals surface area contributed by atoms with E-state index < -0.39 is 5.97 Å². The van der Waals surface area contributed by atoms with Crippen LogP contribution in [0.15, 0.2) is 54.7 Å². The molecule has 0 atom stereocenters. The summed E-state index contributed by atoms with van der Waals surface area (Å²) >= 11 is 0.